The van der Waals surface area contributed by atoms with Crippen LogP contribution in [0.25, 0.3) is 10.9 Å². The largest absolute Gasteiger partial charge is 0.493 e. The maximum Gasteiger partial charge on any atom is 0.218 e. The van der Waals surface area contributed by atoms with Crippen molar-refractivity contribution >= 4 is 33.9 Å². The Kier molecular flexibility index (Phi) is 3.39. The van der Waals surface area contributed by atoms with Crippen LogP contribution in [-0.2, 0) is 0 Å². The molecule has 21 heavy (non-hydrogen) atoms. The number of hydrogen-bond acceptors (Lipinski definition) is 3. The maximum absolute atomic E-state index is 10.0. The first-order valence-electron chi connectivity index (χ1n) is 6.54. The number of fused-ring (bicyclic) bond motifs is 1. The predicted octanol–water partition coefficient (Wildman–Crippen LogP) is 5.56. The number of azo groups is 1. The Labute approximate surface area is 127 Å². The lowest BCUT2D eigenvalue weighted by molar-refractivity contribution is 0.459. The molecule has 1 aromatic heterocycles. The molecule has 0 bridgehead atoms. The highest BCUT2D eigenvalue weighted by Crippen LogP contribution is 2.37. The van der Waals surface area contributed by atoms with E-state index in [1.54, 1.807) is 6.07 Å². The van der Waals surface area contributed by atoms with E-state index in [4.69, 9.17) is 11.6 Å². The number of hydrogen-bond donors (Lipinski definition) is 2. The Morgan fingerprint density at radius 3 is 2.62 bits per heavy atom. The van der Waals surface area contributed by atoms with E-state index in [1.165, 1.54) is 0 Å². The monoisotopic (exact) mass is 299 g/mol. The molecule has 0 aliphatic rings. The third-order valence-corrected chi connectivity index (χ3v) is 3.82. The molecule has 0 aliphatic carbocycles. The van der Waals surface area contributed by atoms with Crippen molar-refractivity contribution in [3.63, 3.8) is 0 Å². The molecule has 0 unspecified atom stereocenters. The van der Waals surface area contributed by atoms with Crippen LogP contribution < -0.4 is 0 Å². The van der Waals surface area contributed by atoms with Gasteiger partial charge in [-0.1, -0.05) is 35.9 Å². The topological polar surface area (TPSA) is 60.7 Å². The highest BCUT2D eigenvalue weighted by Gasteiger charge is 2.11. The van der Waals surface area contributed by atoms with Crippen LogP contribution in [0, 0.1) is 13.8 Å². The molecule has 0 saturated heterocycles. The Morgan fingerprint density at radius 1 is 1.05 bits per heavy atom. The number of rotatable bonds is 2. The van der Waals surface area contributed by atoms with Gasteiger partial charge in [0.25, 0.3) is 0 Å². The van der Waals surface area contributed by atoms with E-state index in [0.29, 0.717) is 16.4 Å². The first kappa shape index (κ1) is 13.6. The summed E-state index contributed by atoms with van der Waals surface area (Å²) in [5.74, 6) is 0.0151. The molecule has 0 atom stereocenters. The number of aromatic hydroxyl groups is 1. The molecule has 106 valence electrons. The van der Waals surface area contributed by atoms with Gasteiger partial charge in [0, 0.05) is 10.4 Å². The summed E-state index contributed by atoms with van der Waals surface area (Å²) < 4.78 is 0. The SMILES string of the molecule is Cc1ccc(N=Nc2c(O)[nH]c3c(C)cccc23)cc1Cl. The summed E-state index contributed by atoms with van der Waals surface area (Å²) in [6.07, 6.45) is 0. The van der Waals surface area contributed by atoms with Gasteiger partial charge in [-0.2, -0.15) is 5.11 Å². The van der Waals surface area contributed by atoms with Crippen LogP contribution in [0.5, 0.6) is 5.88 Å². The summed E-state index contributed by atoms with van der Waals surface area (Å²) in [6.45, 7) is 3.90. The minimum Gasteiger partial charge on any atom is -0.493 e. The van der Waals surface area contributed by atoms with Crippen LogP contribution in [0.4, 0.5) is 11.4 Å². The van der Waals surface area contributed by atoms with Gasteiger partial charge in [-0.25, -0.2) is 0 Å². The van der Waals surface area contributed by atoms with Gasteiger partial charge in [0.2, 0.25) is 5.88 Å². The Balaban J connectivity index is 2.05. The van der Waals surface area contributed by atoms with Gasteiger partial charge in [-0.3, -0.25) is 0 Å². The number of nitrogens with one attached hydrogen (secondary N) is 1. The van der Waals surface area contributed by atoms with E-state index in [-0.39, 0.29) is 5.88 Å². The van der Waals surface area contributed by atoms with Crippen molar-refractivity contribution in [1.29, 1.82) is 0 Å². The zero-order chi connectivity index (χ0) is 15.0. The highest BCUT2D eigenvalue weighted by atomic mass is 35.5. The van der Waals surface area contributed by atoms with E-state index in [9.17, 15) is 5.11 Å². The number of aryl methyl sites for hydroxylation is 2. The fourth-order valence-corrected chi connectivity index (χ4v) is 2.36. The summed E-state index contributed by atoms with van der Waals surface area (Å²) in [5.41, 5.74) is 3.98. The Hall–Kier alpha value is -2.33. The molecule has 0 saturated carbocycles. The average molecular weight is 300 g/mol. The van der Waals surface area contributed by atoms with Crippen LogP contribution in [0.15, 0.2) is 46.6 Å². The van der Waals surface area contributed by atoms with E-state index in [0.717, 1.165) is 22.0 Å². The van der Waals surface area contributed by atoms with Crippen molar-refractivity contribution in [2.45, 2.75) is 13.8 Å². The zero-order valence-electron chi connectivity index (χ0n) is 11.7. The molecule has 1 heterocycles. The quantitative estimate of drug-likeness (QED) is 0.598. The number of aromatic amines is 1. The minimum absolute atomic E-state index is 0.0151. The molecule has 3 rings (SSSR count). The lowest BCUT2D eigenvalue weighted by Crippen LogP contribution is -1.73. The van der Waals surface area contributed by atoms with Crippen molar-refractivity contribution in [2.24, 2.45) is 10.2 Å². The molecule has 0 aliphatic heterocycles. The molecule has 4 nitrogen and oxygen atoms in total. The fourth-order valence-electron chi connectivity index (χ4n) is 2.19. The molecular weight excluding hydrogens is 286 g/mol. The molecule has 2 N–H and O–H groups in total. The number of benzene rings is 2. The molecule has 0 spiro atoms. The highest BCUT2D eigenvalue weighted by molar-refractivity contribution is 6.31. The van der Waals surface area contributed by atoms with Crippen molar-refractivity contribution in [2.75, 3.05) is 0 Å². The van der Waals surface area contributed by atoms with E-state index >= 15 is 0 Å². The number of H-pyrrole nitrogens is 1. The third kappa shape index (κ3) is 2.50. The van der Waals surface area contributed by atoms with Crippen LogP contribution in [0.3, 0.4) is 0 Å². The molecular formula is C16H14ClN3O. The lowest BCUT2D eigenvalue weighted by Gasteiger charge is -1.98. The number of aromatic nitrogens is 1. The second-order valence-electron chi connectivity index (χ2n) is 4.95. The molecule has 0 radical (unpaired) electrons. The molecule has 3 aromatic rings. The van der Waals surface area contributed by atoms with Crippen LogP contribution in [0.1, 0.15) is 11.1 Å². The first-order chi connectivity index (χ1) is 10.1. The lowest BCUT2D eigenvalue weighted by atomic mass is 10.1. The summed E-state index contributed by atoms with van der Waals surface area (Å²) in [6, 6.07) is 11.3. The number of para-hydroxylation sites is 1. The number of nitrogens with zero attached hydrogens (tertiary/aromatic N) is 2. The summed E-state index contributed by atoms with van der Waals surface area (Å²) in [5, 5.41) is 19.8. The van der Waals surface area contributed by atoms with E-state index < -0.39 is 0 Å². The average Bonchev–Trinajstić information content (AvgIpc) is 2.78. The van der Waals surface area contributed by atoms with Gasteiger partial charge in [0.15, 0.2) is 5.69 Å². The summed E-state index contributed by atoms with van der Waals surface area (Å²) >= 11 is 6.06. The van der Waals surface area contributed by atoms with Crippen LogP contribution >= 0.6 is 11.6 Å². The molecule has 0 fully saturated rings. The summed E-state index contributed by atoms with van der Waals surface area (Å²) in [4.78, 5) is 2.93. The minimum atomic E-state index is 0.0151. The molecule has 2 aromatic carbocycles. The smallest absolute Gasteiger partial charge is 0.218 e. The standard InChI is InChI=1S/C16H14ClN3O/c1-9-6-7-11(8-13(9)17)19-20-15-12-5-3-4-10(2)14(12)18-16(15)21/h3-8,18,21H,1-2H3. The Bertz CT molecular complexity index is 852. The first-order valence-corrected chi connectivity index (χ1v) is 6.92. The van der Waals surface area contributed by atoms with Crippen molar-refractivity contribution in [3.05, 3.63) is 52.5 Å². The second kappa shape index (κ2) is 5.22. The number of halogens is 1. The van der Waals surface area contributed by atoms with Gasteiger partial charge >= 0.3 is 0 Å². The Morgan fingerprint density at radius 2 is 1.86 bits per heavy atom. The predicted molar refractivity (Wildman–Crippen MR) is 85.1 cm³/mol. The third-order valence-electron chi connectivity index (χ3n) is 3.42. The van der Waals surface area contributed by atoms with Gasteiger partial charge in [-0.05, 0) is 37.1 Å². The van der Waals surface area contributed by atoms with E-state index in [2.05, 4.69) is 15.2 Å². The molecule has 5 heteroatoms. The van der Waals surface area contributed by atoms with Gasteiger partial charge in [0.1, 0.15) is 0 Å². The summed E-state index contributed by atoms with van der Waals surface area (Å²) in [7, 11) is 0. The fraction of sp³-hybridized carbons (Fsp3) is 0.125. The molecule has 0 amide bonds. The van der Waals surface area contributed by atoms with Gasteiger partial charge < -0.3 is 10.1 Å². The normalized spacial score (nSPS) is 11.6. The van der Waals surface area contributed by atoms with Crippen LogP contribution in [-0.4, -0.2) is 10.1 Å². The second-order valence-corrected chi connectivity index (χ2v) is 5.36. The van der Waals surface area contributed by atoms with Crippen molar-refractivity contribution in [1.82, 2.24) is 4.98 Å². The van der Waals surface area contributed by atoms with Gasteiger partial charge in [-0.15, -0.1) is 5.11 Å². The van der Waals surface area contributed by atoms with Crippen LogP contribution in [0.2, 0.25) is 5.02 Å². The van der Waals surface area contributed by atoms with Crippen molar-refractivity contribution in [3.8, 4) is 5.88 Å². The zero-order valence-corrected chi connectivity index (χ0v) is 12.4. The van der Waals surface area contributed by atoms with Gasteiger partial charge in [0.05, 0.1) is 11.2 Å². The maximum atomic E-state index is 10.0. The van der Waals surface area contributed by atoms with Crippen molar-refractivity contribution < 1.29 is 5.11 Å². The van der Waals surface area contributed by atoms with E-state index in [1.807, 2.05) is 44.2 Å².